The van der Waals surface area contributed by atoms with E-state index in [-0.39, 0.29) is 5.75 Å². The fourth-order valence-corrected chi connectivity index (χ4v) is 2.10. The first-order valence-electron chi connectivity index (χ1n) is 7.96. The minimum Gasteiger partial charge on any atom is -0.480 e. The van der Waals surface area contributed by atoms with Crippen molar-refractivity contribution in [1.82, 2.24) is 16.0 Å². The Kier molecular flexibility index (Phi) is 10.6. The number of thiol groups is 1. The minimum absolute atomic E-state index is 0.211. The summed E-state index contributed by atoms with van der Waals surface area (Å²) in [6, 6.07) is -5.33. The highest BCUT2D eigenvalue weighted by Gasteiger charge is 2.30. The third kappa shape index (κ3) is 9.18. The van der Waals surface area contributed by atoms with Crippen LogP contribution in [0.25, 0.3) is 0 Å². The number of aliphatic carboxylic acids is 1. The van der Waals surface area contributed by atoms with Crippen LogP contribution in [-0.4, -0.2) is 70.5 Å². The summed E-state index contributed by atoms with van der Waals surface area (Å²) in [5.41, 5.74) is 15.4. The second kappa shape index (κ2) is 11.8. The number of amides is 5. The van der Waals surface area contributed by atoms with Crippen molar-refractivity contribution in [3.63, 3.8) is 0 Å². The van der Waals surface area contributed by atoms with Gasteiger partial charge in [0.25, 0.3) is 0 Å². The van der Waals surface area contributed by atoms with E-state index in [0.717, 1.165) is 0 Å². The Labute approximate surface area is 165 Å². The molecule has 158 valence electrons. The molecule has 0 rings (SSSR count). The summed E-state index contributed by atoms with van der Waals surface area (Å²) in [6.45, 7) is 1.18. The van der Waals surface area contributed by atoms with E-state index in [9.17, 15) is 28.8 Å². The Morgan fingerprint density at radius 1 is 0.857 bits per heavy atom. The first kappa shape index (κ1) is 25.1. The van der Waals surface area contributed by atoms with Crippen LogP contribution < -0.4 is 33.2 Å². The Hall–Kier alpha value is -2.87. The Morgan fingerprint density at radius 3 is 1.75 bits per heavy atom. The van der Waals surface area contributed by atoms with Crippen molar-refractivity contribution in [2.45, 2.75) is 43.9 Å². The largest absolute Gasteiger partial charge is 0.480 e. The van der Waals surface area contributed by atoms with Gasteiger partial charge in [0.2, 0.25) is 29.5 Å². The maximum atomic E-state index is 12.3. The van der Waals surface area contributed by atoms with Crippen LogP contribution in [0.5, 0.6) is 0 Å². The van der Waals surface area contributed by atoms with Crippen molar-refractivity contribution >= 4 is 48.1 Å². The lowest BCUT2D eigenvalue weighted by Gasteiger charge is -2.23. The number of hydrogen-bond acceptors (Lipinski definition) is 8. The van der Waals surface area contributed by atoms with Crippen LogP contribution in [0.15, 0.2) is 0 Å². The average molecular weight is 420 g/mol. The zero-order valence-electron chi connectivity index (χ0n) is 15.0. The summed E-state index contributed by atoms with van der Waals surface area (Å²) >= 11 is 3.92. The monoisotopic (exact) mass is 420 g/mol. The van der Waals surface area contributed by atoms with E-state index in [1.54, 1.807) is 0 Å². The number of carbonyl (C=O) groups is 6. The molecule has 0 aromatic carbocycles. The number of carboxylic acids is 1. The lowest BCUT2D eigenvalue weighted by atomic mass is 10.1. The normalized spacial score (nSPS) is 14.7. The highest BCUT2D eigenvalue weighted by Crippen LogP contribution is 1.99. The van der Waals surface area contributed by atoms with E-state index in [0.29, 0.717) is 0 Å². The molecule has 4 atom stereocenters. The van der Waals surface area contributed by atoms with Gasteiger partial charge in [-0.05, 0) is 6.92 Å². The van der Waals surface area contributed by atoms with Gasteiger partial charge in [0.1, 0.15) is 18.1 Å². The van der Waals surface area contributed by atoms with Crippen molar-refractivity contribution in [1.29, 1.82) is 0 Å². The van der Waals surface area contributed by atoms with Gasteiger partial charge in [0.15, 0.2) is 0 Å². The molecule has 4 unspecified atom stereocenters. The first-order chi connectivity index (χ1) is 12.9. The second-order valence-electron chi connectivity index (χ2n) is 5.82. The van der Waals surface area contributed by atoms with Gasteiger partial charge in [0, 0.05) is 5.75 Å². The number of carbonyl (C=O) groups excluding carboxylic acids is 5. The standard InChI is InChI=1S/C14H24N6O7S/c1-5(14(26)27)18-12(24)7(3-10(17)22)19-13(25)8(4-28)20-11(23)6(15)2-9(16)21/h5-8,28H,2-4,15H2,1H3,(H2,16,21)(H2,17,22)(H,18,24)(H,19,25)(H,20,23)(H,26,27). The summed E-state index contributed by atoms with van der Waals surface area (Å²) in [6.07, 6.45) is -1.06. The zero-order valence-corrected chi connectivity index (χ0v) is 15.9. The van der Waals surface area contributed by atoms with Gasteiger partial charge < -0.3 is 38.3 Å². The van der Waals surface area contributed by atoms with E-state index < -0.39 is 72.5 Å². The molecule has 14 heteroatoms. The number of hydrogen-bond donors (Lipinski definition) is 8. The number of nitrogens with one attached hydrogen (secondary N) is 3. The fourth-order valence-electron chi connectivity index (χ4n) is 1.84. The minimum atomic E-state index is -1.48. The summed E-state index contributed by atoms with van der Waals surface area (Å²) in [4.78, 5) is 69.1. The maximum absolute atomic E-state index is 12.3. The number of carboxylic acid groups (broad SMARTS) is 1. The Morgan fingerprint density at radius 2 is 1.32 bits per heavy atom. The van der Waals surface area contributed by atoms with Crippen LogP contribution in [0.1, 0.15) is 19.8 Å². The zero-order chi connectivity index (χ0) is 22.0. The van der Waals surface area contributed by atoms with E-state index >= 15 is 0 Å². The molecule has 5 amide bonds. The summed E-state index contributed by atoms with van der Waals surface area (Å²) in [5.74, 6) is -6.02. The van der Waals surface area contributed by atoms with Crippen LogP contribution in [0.4, 0.5) is 0 Å². The van der Waals surface area contributed by atoms with Crippen molar-refractivity contribution in [3.8, 4) is 0 Å². The lowest BCUT2D eigenvalue weighted by Crippen LogP contribution is -2.58. The molecule has 10 N–H and O–H groups in total. The molecule has 0 aromatic heterocycles. The van der Waals surface area contributed by atoms with Crippen LogP contribution in [0.3, 0.4) is 0 Å². The van der Waals surface area contributed by atoms with Gasteiger partial charge in [-0.25, -0.2) is 0 Å². The third-order valence-corrected chi connectivity index (χ3v) is 3.71. The van der Waals surface area contributed by atoms with E-state index in [2.05, 4.69) is 28.6 Å². The fraction of sp³-hybridized carbons (Fsp3) is 0.571. The molecule has 0 bridgehead atoms. The molecule has 0 radical (unpaired) electrons. The Bertz CT molecular complexity index is 644. The van der Waals surface area contributed by atoms with E-state index in [1.165, 1.54) is 6.92 Å². The quantitative estimate of drug-likeness (QED) is 0.143. The van der Waals surface area contributed by atoms with Crippen molar-refractivity contribution < 1.29 is 33.9 Å². The smallest absolute Gasteiger partial charge is 0.325 e. The lowest BCUT2D eigenvalue weighted by molar-refractivity contribution is -0.142. The molecule has 0 saturated heterocycles. The van der Waals surface area contributed by atoms with Crippen LogP contribution in [0, 0.1) is 0 Å². The molecular formula is C14H24N6O7S. The number of rotatable bonds is 12. The number of nitrogens with two attached hydrogens (primary N) is 3. The molecule has 28 heavy (non-hydrogen) atoms. The predicted octanol–water partition coefficient (Wildman–Crippen LogP) is -4.45. The third-order valence-electron chi connectivity index (χ3n) is 3.34. The van der Waals surface area contributed by atoms with Crippen LogP contribution in [-0.2, 0) is 28.8 Å². The van der Waals surface area contributed by atoms with Gasteiger partial charge >= 0.3 is 5.97 Å². The SMILES string of the molecule is CC(NC(=O)C(CC(N)=O)NC(=O)C(CS)NC(=O)C(N)CC(N)=O)C(=O)O. The molecule has 0 saturated carbocycles. The molecule has 0 aromatic rings. The predicted molar refractivity (Wildman–Crippen MR) is 98.6 cm³/mol. The number of primary amides is 2. The molecule has 0 aliphatic rings. The molecule has 0 heterocycles. The highest BCUT2D eigenvalue weighted by atomic mass is 32.1. The molecule has 0 fully saturated rings. The summed E-state index contributed by atoms with van der Waals surface area (Å²) in [7, 11) is 0. The molecule has 0 aliphatic carbocycles. The van der Waals surface area contributed by atoms with Gasteiger partial charge in [-0.3, -0.25) is 28.8 Å². The molecule has 13 nitrogen and oxygen atoms in total. The van der Waals surface area contributed by atoms with Crippen molar-refractivity contribution in [3.05, 3.63) is 0 Å². The average Bonchev–Trinajstić information content (AvgIpc) is 2.57. The van der Waals surface area contributed by atoms with Crippen molar-refractivity contribution in [2.75, 3.05) is 5.75 Å². The van der Waals surface area contributed by atoms with Crippen LogP contribution >= 0.6 is 12.6 Å². The molecular weight excluding hydrogens is 396 g/mol. The molecule has 0 spiro atoms. The highest BCUT2D eigenvalue weighted by molar-refractivity contribution is 7.80. The van der Waals surface area contributed by atoms with E-state index in [4.69, 9.17) is 22.3 Å². The van der Waals surface area contributed by atoms with Crippen LogP contribution in [0.2, 0.25) is 0 Å². The van der Waals surface area contributed by atoms with Gasteiger partial charge in [0.05, 0.1) is 18.9 Å². The Balaban J connectivity index is 5.12. The molecule has 0 aliphatic heterocycles. The van der Waals surface area contributed by atoms with E-state index in [1.807, 2.05) is 0 Å². The maximum Gasteiger partial charge on any atom is 0.325 e. The first-order valence-corrected chi connectivity index (χ1v) is 8.59. The topological polar surface area (TPSA) is 237 Å². The van der Waals surface area contributed by atoms with Gasteiger partial charge in [-0.2, -0.15) is 12.6 Å². The second-order valence-corrected chi connectivity index (χ2v) is 6.19. The van der Waals surface area contributed by atoms with Gasteiger partial charge in [-0.15, -0.1) is 0 Å². The van der Waals surface area contributed by atoms with Crippen molar-refractivity contribution in [2.24, 2.45) is 17.2 Å². The summed E-state index contributed by atoms with van der Waals surface area (Å²) in [5, 5.41) is 15.3. The van der Waals surface area contributed by atoms with Gasteiger partial charge in [-0.1, -0.05) is 0 Å². The summed E-state index contributed by atoms with van der Waals surface area (Å²) < 4.78 is 0.